The maximum atomic E-state index is 12.4. The molecule has 0 heterocycles. The van der Waals surface area contributed by atoms with Crippen molar-refractivity contribution in [2.24, 2.45) is 10.8 Å². The Labute approximate surface area is 146 Å². The number of rotatable bonds is 8. The number of hydrogen-bond acceptors (Lipinski definition) is 2. The van der Waals surface area contributed by atoms with Crippen LogP contribution in [0.1, 0.15) is 67.2 Å². The Balaban J connectivity index is 2.81. The maximum absolute atomic E-state index is 12.4. The van der Waals surface area contributed by atoms with E-state index in [-0.39, 0.29) is 11.8 Å². The number of hydrogen-bond donors (Lipinski definition) is 2. The molecular formula is C20H32N2O2. The number of amides is 2. The number of benzene rings is 1. The summed E-state index contributed by atoms with van der Waals surface area (Å²) in [5.74, 6) is -0.00159. The molecule has 24 heavy (non-hydrogen) atoms. The van der Waals surface area contributed by atoms with Crippen LogP contribution < -0.4 is 10.6 Å². The predicted molar refractivity (Wildman–Crippen MR) is 101 cm³/mol. The Morgan fingerprint density at radius 1 is 0.833 bits per heavy atom. The monoisotopic (exact) mass is 332 g/mol. The van der Waals surface area contributed by atoms with Gasteiger partial charge in [-0.3, -0.25) is 9.59 Å². The summed E-state index contributed by atoms with van der Waals surface area (Å²) in [5.41, 5.74) is 0.597. The normalized spacial score (nSPS) is 11.9. The zero-order valence-electron chi connectivity index (χ0n) is 16.0. The fourth-order valence-electron chi connectivity index (χ4n) is 2.75. The van der Waals surface area contributed by atoms with Crippen LogP contribution in [0.4, 0.5) is 11.4 Å². The predicted octanol–water partition coefficient (Wildman–Crippen LogP) is 5.22. The van der Waals surface area contributed by atoms with E-state index >= 15 is 0 Å². The van der Waals surface area contributed by atoms with Crippen LogP contribution in [0.5, 0.6) is 0 Å². The van der Waals surface area contributed by atoms with Crippen LogP contribution in [0.2, 0.25) is 0 Å². The van der Waals surface area contributed by atoms with Crippen LogP contribution in [0.15, 0.2) is 24.3 Å². The van der Waals surface area contributed by atoms with E-state index < -0.39 is 10.8 Å². The first kappa shape index (κ1) is 20.2. The Morgan fingerprint density at radius 2 is 1.21 bits per heavy atom. The van der Waals surface area contributed by atoms with Gasteiger partial charge in [0, 0.05) is 22.2 Å². The lowest BCUT2D eigenvalue weighted by atomic mass is 9.87. The highest BCUT2D eigenvalue weighted by molar-refractivity contribution is 5.97. The van der Waals surface area contributed by atoms with Gasteiger partial charge in [-0.25, -0.2) is 0 Å². The van der Waals surface area contributed by atoms with Crippen molar-refractivity contribution in [3.8, 4) is 0 Å². The molecule has 0 aliphatic carbocycles. The Morgan fingerprint density at radius 3 is 1.54 bits per heavy atom. The minimum absolute atomic E-state index is 0.000797. The van der Waals surface area contributed by atoms with Crippen LogP contribution in [0, 0.1) is 10.8 Å². The summed E-state index contributed by atoms with van der Waals surface area (Å²) in [6, 6.07) is 7.32. The highest BCUT2D eigenvalue weighted by Gasteiger charge is 2.27. The highest BCUT2D eigenvalue weighted by Crippen LogP contribution is 2.27. The molecule has 0 spiro atoms. The molecule has 2 N–H and O–H groups in total. The van der Waals surface area contributed by atoms with Gasteiger partial charge in [-0.1, -0.05) is 60.5 Å². The molecule has 0 radical (unpaired) electrons. The van der Waals surface area contributed by atoms with Crippen molar-refractivity contribution in [1.82, 2.24) is 0 Å². The lowest BCUT2D eigenvalue weighted by Gasteiger charge is -2.24. The molecule has 4 nitrogen and oxygen atoms in total. The topological polar surface area (TPSA) is 58.2 Å². The second-order valence-corrected chi connectivity index (χ2v) is 7.76. The molecule has 2 amide bonds. The van der Waals surface area contributed by atoms with Gasteiger partial charge in [0.2, 0.25) is 11.8 Å². The smallest absolute Gasteiger partial charge is 0.230 e. The second kappa shape index (κ2) is 8.32. The number of carbonyl (C=O) groups is 2. The van der Waals surface area contributed by atoms with E-state index in [1.54, 1.807) is 6.07 Å². The van der Waals surface area contributed by atoms with Crippen molar-refractivity contribution < 1.29 is 9.59 Å². The van der Waals surface area contributed by atoms with Gasteiger partial charge < -0.3 is 10.6 Å². The molecule has 0 aliphatic heterocycles. The van der Waals surface area contributed by atoms with E-state index in [1.165, 1.54) is 0 Å². The second-order valence-electron chi connectivity index (χ2n) is 7.76. The van der Waals surface area contributed by atoms with E-state index in [2.05, 4.69) is 24.5 Å². The van der Waals surface area contributed by atoms with Gasteiger partial charge in [-0.05, 0) is 31.0 Å². The van der Waals surface area contributed by atoms with Crippen LogP contribution in [-0.4, -0.2) is 11.8 Å². The van der Waals surface area contributed by atoms with Crippen molar-refractivity contribution >= 4 is 23.2 Å². The summed E-state index contributed by atoms with van der Waals surface area (Å²) >= 11 is 0. The average Bonchev–Trinajstić information content (AvgIpc) is 2.47. The molecule has 0 aromatic heterocycles. The quantitative estimate of drug-likeness (QED) is 0.686. The molecule has 1 aromatic carbocycles. The summed E-state index contributed by atoms with van der Waals surface area (Å²) in [6.07, 6.45) is 3.59. The third-order valence-corrected chi connectivity index (χ3v) is 4.36. The highest BCUT2D eigenvalue weighted by atomic mass is 16.2. The summed E-state index contributed by atoms with van der Waals surface area (Å²) in [5, 5.41) is 5.91. The molecule has 134 valence electrons. The molecule has 0 fully saturated rings. The van der Waals surface area contributed by atoms with Gasteiger partial charge in [0.25, 0.3) is 0 Å². The van der Waals surface area contributed by atoms with Crippen LogP contribution >= 0.6 is 0 Å². The van der Waals surface area contributed by atoms with Crippen LogP contribution in [0.3, 0.4) is 0 Å². The summed E-state index contributed by atoms with van der Waals surface area (Å²) in [6.45, 7) is 11.9. The SMILES string of the molecule is CCCC(C)(C)C(=O)Nc1cccc(NC(=O)C(C)(C)CCC)c1. The minimum Gasteiger partial charge on any atom is -0.326 e. The molecule has 0 saturated heterocycles. The van der Waals surface area contributed by atoms with Crippen molar-refractivity contribution in [3.05, 3.63) is 24.3 Å². The van der Waals surface area contributed by atoms with Crippen molar-refractivity contribution in [2.45, 2.75) is 67.2 Å². The third kappa shape index (κ3) is 5.66. The first-order chi connectivity index (χ1) is 11.1. The van der Waals surface area contributed by atoms with E-state index in [0.29, 0.717) is 11.4 Å². The first-order valence-electron chi connectivity index (χ1n) is 8.85. The molecule has 0 atom stereocenters. The van der Waals surface area contributed by atoms with Crippen LogP contribution in [-0.2, 0) is 9.59 Å². The first-order valence-corrected chi connectivity index (χ1v) is 8.85. The number of carbonyl (C=O) groups excluding carboxylic acids is 2. The van der Waals surface area contributed by atoms with Gasteiger partial charge >= 0.3 is 0 Å². The number of nitrogens with one attached hydrogen (secondary N) is 2. The van der Waals surface area contributed by atoms with Crippen molar-refractivity contribution in [3.63, 3.8) is 0 Å². The summed E-state index contributed by atoms with van der Waals surface area (Å²) < 4.78 is 0. The third-order valence-electron chi connectivity index (χ3n) is 4.36. The van der Waals surface area contributed by atoms with Crippen molar-refractivity contribution in [2.75, 3.05) is 10.6 Å². The minimum atomic E-state index is -0.406. The fourth-order valence-corrected chi connectivity index (χ4v) is 2.75. The molecule has 0 saturated carbocycles. The fraction of sp³-hybridized carbons (Fsp3) is 0.600. The van der Waals surface area contributed by atoms with E-state index in [4.69, 9.17) is 0 Å². The zero-order chi connectivity index (χ0) is 18.4. The van der Waals surface area contributed by atoms with Gasteiger partial charge in [-0.15, -0.1) is 0 Å². The van der Waals surface area contributed by atoms with Crippen LogP contribution in [0.25, 0.3) is 0 Å². The number of anilines is 2. The molecule has 1 rings (SSSR count). The molecule has 4 heteroatoms. The van der Waals surface area contributed by atoms with Crippen molar-refractivity contribution in [1.29, 1.82) is 0 Å². The van der Waals surface area contributed by atoms with Gasteiger partial charge in [0.1, 0.15) is 0 Å². The van der Waals surface area contributed by atoms with E-state index in [0.717, 1.165) is 25.7 Å². The average molecular weight is 332 g/mol. The molecular weight excluding hydrogens is 300 g/mol. The molecule has 0 bridgehead atoms. The van der Waals surface area contributed by atoms with E-state index in [1.807, 2.05) is 45.9 Å². The zero-order valence-corrected chi connectivity index (χ0v) is 16.0. The molecule has 1 aromatic rings. The standard InChI is InChI=1S/C20H32N2O2/c1-7-12-19(3,4)17(23)21-15-10-9-11-16(14-15)22-18(24)20(5,6)13-8-2/h9-11,14H,7-8,12-13H2,1-6H3,(H,21,23)(H,22,24). The largest absolute Gasteiger partial charge is 0.326 e. The molecule has 0 unspecified atom stereocenters. The summed E-state index contributed by atoms with van der Waals surface area (Å²) in [4.78, 5) is 24.8. The van der Waals surface area contributed by atoms with Gasteiger partial charge in [-0.2, -0.15) is 0 Å². The Kier molecular flexibility index (Phi) is 7.00. The Bertz CT molecular complexity index is 530. The van der Waals surface area contributed by atoms with Gasteiger partial charge in [0.15, 0.2) is 0 Å². The molecule has 0 aliphatic rings. The maximum Gasteiger partial charge on any atom is 0.230 e. The lowest BCUT2D eigenvalue weighted by Crippen LogP contribution is -2.31. The summed E-state index contributed by atoms with van der Waals surface area (Å²) in [7, 11) is 0. The van der Waals surface area contributed by atoms with E-state index in [9.17, 15) is 9.59 Å². The lowest BCUT2D eigenvalue weighted by molar-refractivity contribution is -0.124. The van der Waals surface area contributed by atoms with Gasteiger partial charge in [0.05, 0.1) is 0 Å². The Hall–Kier alpha value is -1.84.